The summed E-state index contributed by atoms with van der Waals surface area (Å²) in [5.74, 6) is 0. The molecule has 3 heteroatoms. The molecule has 1 aromatic rings. The number of rotatable bonds is 3. The van der Waals surface area contributed by atoms with Crippen molar-refractivity contribution in [2.24, 2.45) is 0 Å². The molecule has 0 atom stereocenters. The van der Waals surface area contributed by atoms with E-state index in [0.29, 0.717) is 11.1 Å². The highest BCUT2D eigenvalue weighted by atomic mass is 16.1. The van der Waals surface area contributed by atoms with Crippen molar-refractivity contribution in [2.45, 2.75) is 13.3 Å². The van der Waals surface area contributed by atoms with Crippen molar-refractivity contribution in [1.82, 2.24) is 0 Å². The summed E-state index contributed by atoms with van der Waals surface area (Å²) in [7, 11) is 0. The Morgan fingerprint density at radius 1 is 1.33 bits per heavy atom. The average molecular weight is 203 g/mol. The van der Waals surface area contributed by atoms with E-state index in [4.69, 9.17) is 0 Å². The normalized spacial score (nSPS) is 13.8. The lowest BCUT2D eigenvalue weighted by Crippen LogP contribution is -2.20. The summed E-state index contributed by atoms with van der Waals surface area (Å²) < 4.78 is 0. The number of hydrogen-bond acceptors (Lipinski definition) is 3. The van der Waals surface area contributed by atoms with Crippen molar-refractivity contribution in [3.63, 3.8) is 0 Å². The Bertz CT molecular complexity index is 412. The van der Waals surface area contributed by atoms with Gasteiger partial charge in [-0.05, 0) is 31.0 Å². The van der Waals surface area contributed by atoms with Gasteiger partial charge in [0.2, 0.25) is 0 Å². The Hall–Kier alpha value is -1.64. The van der Waals surface area contributed by atoms with Crippen molar-refractivity contribution >= 4 is 18.3 Å². The number of nitrogens with zero attached hydrogens (tertiary/aromatic N) is 1. The van der Waals surface area contributed by atoms with Gasteiger partial charge in [0.15, 0.2) is 6.29 Å². The molecule has 78 valence electrons. The molecule has 0 amide bonds. The van der Waals surface area contributed by atoms with Crippen LogP contribution in [0.3, 0.4) is 0 Å². The standard InChI is InChI=1S/C12H13NO2/c1-2-13-4-3-10-5-9(7-14)6-11(8-15)12(10)13/h5-8H,2-4H2,1H3. The maximum Gasteiger partial charge on any atom is 0.152 e. The molecule has 0 bridgehead atoms. The van der Waals surface area contributed by atoms with Gasteiger partial charge in [0.1, 0.15) is 6.29 Å². The van der Waals surface area contributed by atoms with Crippen LogP contribution >= 0.6 is 0 Å². The van der Waals surface area contributed by atoms with Gasteiger partial charge in [-0.1, -0.05) is 0 Å². The average Bonchev–Trinajstić information content (AvgIpc) is 2.70. The Morgan fingerprint density at radius 2 is 2.13 bits per heavy atom. The van der Waals surface area contributed by atoms with Crippen LogP contribution in [-0.2, 0) is 6.42 Å². The van der Waals surface area contributed by atoms with Gasteiger partial charge in [-0.2, -0.15) is 0 Å². The first-order valence-corrected chi connectivity index (χ1v) is 5.12. The lowest BCUT2D eigenvalue weighted by atomic mass is 10.0. The van der Waals surface area contributed by atoms with Crippen molar-refractivity contribution in [1.29, 1.82) is 0 Å². The van der Waals surface area contributed by atoms with Gasteiger partial charge in [-0.15, -0.1) is 0 Å². The van der Waals surface area contributed by atoms with Crippen molar-refractivity contribution in [3.8, 4) is 0 Å². The van der Waals surface area contributed by atoms with Gasteiger partial charge in [0.05, 0.1) is 5.69 Å². The molecular weight excluding hydrogens is 190 g/mol. The van der Waals surface area contributed by atoms with Gasteiger partial charge >= 0.3 is 0 Å². The molecule has 1 heterocycles. The quantitative estimate of drug-likeness (QED) is 0.701. The Labute approximate surface area is 88.7 Å². The summed E-state index contributed by atoms with van der Waals surface area (Å²) >= 11 is 0. The van der Waals surface area contributed by atoms with Crippen LogP contribution in [0.1, 0.15) is 33.2 Å². The summed E-state index contributed by atoms with van der Waals surface area (Å²) in [6.45, 7) is 3.90. The van der Waals surface area contributed by atoms with Crippen LogP contribution < -0.4 is 4.90 Å². The van der Waals surface area contributed by atoms with Crippen molar-refractivity contribution < 1.29 is 9.59 Å². The van der Waals surface area contributed by atoms with E-state index in [0.717, 1.165) is 43.3 Å². The van der Waals surface area contributed by atoms with Gasteiger partial charge in [-0.25, -0.2) is 0 Å². The van der Waals surface area contributed by atoms with Crippen LogP contribution in [-0.4, -0.2) is 25.7 Å². The van der Waals surface area contributed by atoms with Crippen LogP contribution in [0.5, 0.6) is 0 Å². The maximum atomic E-state index is 11.0. The van der Waals surface area contributed by atoms with Crippen molar-refractivity contribution in [3.05, 3.63) is 28.8 Å². The molecule has 0 fully saturated rings. The minimum absolute atomic E-state index is 0.591. The molecule has 1 aromatic carbocycles. The monoisotopic (exact) mass is 203 g/mol. The lowest BCUT2D eigenvalue weighted by Gasteiger charge is -2.18. The number of carbonyl (C=O) groups excluding carboxylic acids is 2. The summed E-state index contributed by atoms with van der Waals surface area (Å²) in [6.07, 6.45) is 2.55. The van der Waals surface area contributed by atoms with Crippen LogP contribution in [0.4, 0.5) is 5.69 Å². The number of likely N-dealkylation sites (N-methyl/N-ethyl adjacent to an activating group) is 1. The summed E-state index contributed by atoms with van der Waals surface area (Å²) in [5.41, 5.74) is 3.35. The molecule has 0 unspecified atom stereocenters. The summed E-state index contributed by atoms with van der Waals surface area (Å²) in [4.78, 5) is 23.8. The third-order valence-corrected chi connectivity index (χ3v) is 2.85. The molecule has 0 aromatic heterocycles. The van der Waals surface area contributed by atoms with E-state index in [-0.39, 0.29) is 0 Å². The molecular formula is C12H13NO2. The molecule has 0 spiro atoms. The van der Waals surface area contributed by atoms with Crippen molar-refractivity contribution in [2.75, 3.05) is 18.0 Å². The van der Waals surface area contributed by atoms with E-state index in [2.05, 4.69) is 11.8 Å². The fraction of sp³-hybridized carbons (Fsp3) is 0.333. The first-order chi connectivity index (χ1) is 7.30. The Kier molecular flexibility index (Phi) is 2.54. The molecule has 15 heavy (non-hydrogen) atoms. The van der Waals surface area contributed by atoms with Gasteiger partial charge in [0.25, 0.3) is 0 Å². The molecule has 0 aliphatic carbocycles. The van der Waals surface area contributed by atoms with E-state index in [1.54, 1.807) is 6.07 Å². The fourth-order valence-electron chi connectivity index (χ4n) is 2.16. The van der Waals surface area contributed by atoms with E-state index in [1.807, 2.05) is 6.07 Å². The highest BCUT2D eigenvalue weighted by Crippen LogP contribution is 2.31. The summed E-state index contributed by atoms with van der Waals surface area (Å²) in [6, 6.07) is 3.54. The maximum absolute atomic E-state index is 11.0. The second-order valence-electron chi connectivity index (χ2n) is 3.68. The van der Waals surface area contributed by atoms with Crippen LogP contribution in [0.25, 0.3) is 0 Å². The minimum atomic E-state index is 0.591. The largest absolute Gasteiger partial charge is 0.371 e. The fourth-order valence-corrected chi connectivity index (χ4v) is 2.16. The van der Waals surface area contributed by atoms with Gasteiger partial charge in [-0.3, -0.25) is 9.59 Å². The predicted octanol–water partition coefficient (Wildman–Crippen LogP) is 1.69. The smallest absolute Gasteiger partial charge is 0.152 e. The molecule has 0 radical (unpaired) electrons. The molecule has 2 rings (SSSR count). The molecule has 0 saturated carbocycles. The highest BCUT2D eigenvalue weighted by Gasteiger charge is 2.21. The highest BCUT2D eigenvalue weighted by molar-refractivity contribution is 5.91. The number of benzene rings is 1. The second kappa shape index (κ2) is 3.85. The SMILES string of the molecule is CCN1CCc2cc(C=O)cc(C=O)c21. The third kappa shape index (κ3) is 1.54. The molecule has 1 aliphatic heterocycles. The number of carbonyl (C=O) groups is 2. The third-order valence-electron chi connectivity index (χ3n) is 2.85. The zero-order valence-corrected chi connectivity index (χ0v) is 8.69. The first kappa shape index (κ1) is 9.90. The lowest BCUT2D eigenvalue weighted by molar-refractivity contribution is 0.112. The minimum Gasteiger partial charge on any atom is -0.371 e. The van der Waals surface area contributed by atoms with Crippen LogP contribution in [0.15, 0.2) is 12.1 Å². The number of fused-ring (bicyclic) bond motifs is 1. The van der Waals surface area contributed by atoms with Crippen LogP contribution in [0.2, 0.25) is 0 Å². The topological polar surface area (TPSA) is 37.4 Å². The molecule has 3 nitrogen and oxygen atoms in total. The summed E-state index contributed by atoms with van der Waals surface area (Å²) in [5, 5.41) is 0. The zero-order valence-electron chi connectivity index (χ0n) is 8.69. The van der Waals surface area contributed by atoms with Gasteiger partial charge in [0, 0.05) is 24.2 Å². The Balaban J connectivity index is 2.58. The molecule has 1 aliphatic rings. The number of hydrogen-bond donors (Lipinski definition) is 0. The van der Waals surface area contributed by atoms with Crippen LogP contribution in [0, 0.1) is 0 Å². The van der Waals surface area contributed by atoms with E-state index >= 15 is 0 Å². The predicted molar refractivity (Wildman–Crippen MR) is 58.8 cm³/mol. The number of anilines is 1. The molecule has 0 saturated heterocycles. The molecule has 0 N–H and O–H groups in total. The van der Waals surface area contributed by atoms with E-state index < -0.39 is 0 Å². The van der Waals surface area contributed by atoms with E-state index in [1.165, 1.54) is 0 Å². The van der Waals surface area contributed by atoms with Gasteiger partial charge < -0.3 is 4.90 Å². The zero-order chi connectivity index (χ0) is 10.8. The second-order valence-corrected chi connectivity index (χ2v) is 3.68. The van der Waals surface area contributed by atoms with E-state index in [9.17, 15) is 9.59 Å². The Morgan fingerprint density at radius 3 is 2.73 bits per heavy atom. The first-order valence-electron chi connectivity index (χ1n) is 5.12. The number of aldehydes is 2.